The first kappa shape index (κ1) is 7.17. The van der Waals surface area contributed by atoms with E-state index in [2.05, 4.69) is 25.7 Å². The Hall–Kier alpha value is -1.49. The van der Waals surface area contributed by atoms with Crippen LogP contribution in [0.3, 0.4) is 0 Å². The van der Waals surface area contributed by atoms with Gasteiger partial charge in [-0.05, 0) is 18.7 Å². The Labute approximate surface area is 69.2 Å². The van der Waals surface area contributed by atoms with Crippen LogP contribution in [0.15, 0.2) is 12.3 Å². The average molecular weight is 163 g/mol. The molecule has 0 bridgehead atoms. The van der Waals surface area contributed by atoms with Gasteiger partial charge in [0.15, 0.2) is 0 Å². The molecule has 0 fully saturated rings. The molecule has 5 nitrogen and oxygen atoms in total. The first-order chi connectivity index (χ1) is 5.90. The van der Waals surface area contributed by atoms with Crippen LogP contribution in [-0.4, -0.2) is 27.4 Å². The third kappa shape index (κ3) is 1.14. The number of nitrogens with one attached hydrogen (secondary N) is 2. The van der Waals surface area contributed by atoms with Crippen LogP contribution in [0.2, 0.25) is 0 Å². The number of H-pyrrole nitrogens is 1. The van der Waals surface area contributed by atoms with Crippen molar-refractivity contribution in [1.82, 2.24) is 25.7 Å². The van der Waals surface area contributed by atoms with Gasteiger partial charge in [-0.15, -0.1) is 5.10 Å². The zero-order chi connectivity index (χ0) is 8.39. The Kier molecular flexibility index (Phi) is 1.71. The molecular weight excluding hydrogens is 154 g/mol. The van der Waals surface area contributed by atoms with Crippen LogP contribution in [0.4, 0.5) is 0 Å². The highest BCUT2D eigenvalue weighted by Gasteiger charge is 1.99. The normalized spacial score (nSPS) is 10.8. The number of rotatable bonds is 2. The highest BCUT2D eigenvalue weighted by Crippen LogP contribution is 2.06. The number of aromatic nitrogens is 4. The van der Waals surface area contributed by atoms with Gasteiger partial charge in [-0.25, -0.2) is 4.98 Å². The molecule has 2 aromatic heterocycles. The zero-order valence-corrected chi connectivity index (χ0v) is 6.70. The molecule has 0 aliphatic carbocycles. The fraction of sp³-hybridized carbons (Fsp3) is 0.286. The third-order valence-electron chi connectivity index (χ3n) is 1.61. The summed E-state index contributed by atoms with van der Waals surface area (Å²) in [5, 5.41) is 13.4. The van der Waals surface area contributed by atoms with Gasteiger partial charge < -0.3 is 5.32 Å². The van der Waals surface area contributed by atoms with Crippen LogP contribution < -0.4 is 5.32 Å². The number of pyridine rings is 1. The standard InChI is InChI=1S/C7H9N5/c1-8-3-5-2-6-7(9-4-5)11-12-10-6/h2,4,8H,3H2,1H3,(H,9,10,11,12). The Bertz CT molecular complexity index is 380. The smallest absolute Gasteiger partial charge is 0.201 e. The van der Waals surface area contributed by atoms with E-state index in [1.165, 1.54) is 0 Å². The van der Waals surface area contributed by atoms with Crippen LogP contribution in [0.5, 0.6) is 0 Å². The topological polar surface area (TPSA) is 66.5 Å². The van der Waals surface area contributed by atoms with Crippen molar-refractivity contribution in [3.63, 3.8) is 0 Å². The minimum absolute atomic E-state index is 0.662. The molecule has 0 saturated carbocycles. The quantitative estimate of drug-likeness (QED) is 0.657. The van der Waals surface area contributed by atoms with Crippen molar-refractivity contribution in [3.05, 3.63) is 17.8 Å². The summed E-state index contributed by atoms with van der Waals surface area (Å²) in [5.74, 6) is 0. The van der Waals surface area contributed by atoms with Crippen molar-refractivity contribution >= 4 is 11.2 Å². The number of hydrogen-bond donors (Lipinski definition) is 2. The van der Waals surface area contributed by atoms with Gasteiger partial charge in [-0.2, -0.15) is 10.3 Å². The van der Waals surface area contributed by atoms with Gasteiger partial charge in [-0.1, -0.05) is 0 Å². The molecule has 0 amide bonds. The number of fused-ring (bicyclic) bond motifs is 1. The molecule has 0 aromatic carbocycles. The first-order valence-corrected chi connectivity index (χ1v) is 3.70. The largest absolute Gasteiger partial charge is 0.316 e. The monoisotopic (exact) mass is 163 g/mol. The molecule has 0 atom stereocenters. The summed E-state index contributed by atoms with van der Waals surface area (Å²) >= 11 is 0. The number of nitrogens with zero attached hydrogens (tertiary/aromatic N) is 3. The summed E-state index contributed by atoms with van der Waals surface area (Å²) in [6.07, 6.45) is 1.79. The number of aromatic amines is 1. The predicted molar refractivity (Wildman–Crippen MR) is 44.4 cm³/mol. The fourth-order valence-electron chi connectivity index (χ4n) is 1.08. The minimum atomic E-state index is 0.662. The van der Waals surface area contributed by atoms with E-state index in [1.807, 2.05) is 13.1 Å². The molecule has 0 unspecified atom stereocenters. The van der Waals surface area contributed by atoms with Crippen LogP contribution in [0.25, 0.3) is 11.2 Å². The summed E-state index contributed by atoms with van der Waals surface area (Å²) in [5.41, 5.74) is 2.58. The SMILES string of the molecule is CNCc1cnc2n[nH]nc2c1. The molecule has 62 valence electrons. The molecule has 0 aliphatic rings. The Morgan fingerprint density at radius 1 is 1.50 bits per heavy atom. The summed E-state index contributed by atoms with van der Waals surface area (Å²) in [4.78, 5) is 4.11. The number of hydrogen-bond acceptors (Lipinski definition) is 4. The van der Waals surface area contributed by atoms with Gasteiger partial charge in [0.2, 0.25) is 5.65 Å². The fourth-order valence-corrected chi connectivity index (χ4v) is 1.08. The summed E-state index contributed by atoms with van der Waals surface area (Å²) in [7, 11) is 1.90. The first-order valence-electron chi connectivity index (χ1n) is 3.70. The van der Waals surface area contributed by atoms with Gasteiger partial charge >= 0.3 is 0 Å². The molecule has 2 rings (SSSR count). The van der Waals surface area contributed by atoms with E-state index in [0.717, 1.165) is 17.6 Å². The van der Waals surface area contributed by atoms with E-state index in [0.29, 0.717) is 5.65 Å². The van der Waals surface area contributed by atoms with E-state index in [-0.39, 0.29) is 0 Å². The van der Waals surface area contributed by atoms with E-state index in [9.17, 15) is 0 Å². The maximum Gasteiger partial charge on any atom is 0.201 e. The lowest BCUT2D eigenvalue weighted by Gasteiger charge is -1.96. The van der Waals surface area contributed by atoms with E-state index in [4.69, 9.17) is 0 Å². The van der Waals surface area contributed by atoms with E-state index < -0.39 is 0 Å². The molecule has 2 heterocycles. The van der Waals surface area contributed by atoms with Crippen molar-refractivity contribution in [2.75, 3.05) is 7.05 Å². The Morgan fingerprint density at radius 2 is 2.42 bits per heavy atom. The average Bonchev–Trinajstić information content (AvgIpc) is 2.51. The lowest BCUT2D eigenvalue weighted by Crippen LogP contribution is -2.05. The molecule has 0 spiro atoms. The second-order valence-electron chi connectivity index (χ2n) is 2.54. The highest BCUT2D eigenvalue weighted by atomic mass is 15.3. The van der Waals surface area contributed by atoms with Gasteiger partial charge in [0, 0.05) is 12.7 Å². The van der Waals surface area contributed by atoms with Crippen molar-refractivity contribution in [2.24, 2.45) is 0 Å². The van der Waals surface area contributed by atoms with Crippen molar-refractivity contribution in [2.45, 2.75) is 6.54 Å². The molecule has 0 aliphatic heterocycles. The highest BCUT2D eigenvalue weighted by molar-refractivity contribution is 5.68. The van der Waals surface area contributed by atoms with Gasteiger partial charge in [0.25, 0.3) is 0 Å². The Balaban J connectivity index is 2.46. The maximum absolute atomic E-state index is 4.11. The van der Waals surface area contributed by atoms with Crippen LogP contribution in [-0.2, 0) is 6.54 Å². The van der Waals surface area contributed by atoms with E-state index >= 15 is 0 Å². The third-order valence-corrected chi connectivity index (χ3v) is 1.61. The molecular formula is C7H9N5. The van der Waals surface area contributed by atoms with Crippen molar-refractivity contribution in [1.29, 1.82) is 0 Å². The zero-order valence-electron chi connectivity index (χ0n) is 6.70. The van der Waals surface area contributed by atoms with Crippen LogP contribution >= 0.6 is 0 Å². The maximum atomic E-state index is 4.11. The lowest BCUT2D eigenvalue weighted by atomic mass is 10.3. The molecule has 5 heteroatoms. The molecule has 0 saturated heterocycles. The van der Waals surface area contributed by atoms with Crippen LogP contribution in [0, 0.1) is 0 Å². The summed E-state index contributed by atoms with van der Waals surface area (Å²) < 4.78 is 0. The Morgan fingerprint density at radius 3 is 3.25 bits per heavy atom. The minimum Gasteiger partial charge on any atom is -0.316 e. The van der Waals surface area contributed by atoms with Crippen molar-refractivity contribution < 1.29 is 0 Å². The van der Waals surface area contributed by atoms with Crippen molar-refractivity contribution in [3.8, 4) is 0 Å². The molecule has 2 N–H and O–H groups in total. The van der Waals surface area contributed by atoms with Gasteiger partial charge in [-0.3, -0.25) is 0 Å². The van der Waals surface area contributed by atoms with Crippen LogP contribution in [0.1, 0.15) is 5.56 Å². The van der Waals surface area contributed by atoms with Gasteiger partial charge in [0.1, 0.15) is 5.52 Å². The molecule has 0 radical (unpaired) electrons. The second-order valence-corrected chi connectivity index (χ2v) is 2.54. The lowest BCUT2D eigenvalue weighted by molar-refractivity contribution is 0.815. The molecule has 12 heavy (non-hydrogen) atoms. The van der Waals surface area contributed by atoms with Gasteiger partial charge in [0.05, 0.1) is 0 Å². The molecule has 2 aromatic rings. The summed E-state index contributed by atoms with van der Waals surface area (Å²) in [6, 6.07) is 1.96. The van der Waals surface area contributed by atoms with E-state index in [1.54, 1.807) is 6.20 Å². The second kappa shape index (κ2) is 2.86. The summed E-state index contributed by atoms with van der Waals surface area (Å²) in [6.45, 7) is 0.801. The predicted octanol–water partition coefficient (Wildman–Crippen LogP) is 0.0723.